The molecule has 0 spiro atoms. The Morgan fingerprint density at radius 2 is 1.78 bits per heavy atom. The molecule has 18 heavy (non-hydrogen) atoms. The van der Waals surface area contributed by atoms with E-state index in [1.54, 1.807) is 19.1 Å². The predicted octanol–water partition coefficient (Wildman–Crippen LogP) is 3.45. The molecule has 0 aromatic heterocycles. The Morgan fingerprint density at radius 1 is 1.11 bits per heavy atom. The van der Waals surface area contributed by atoms with E-state index in [1.807, 2.05) is 12.2 Å². The number of hydrogen-bond acceptors (Lipinski definition) is 2. The van der Waals surface area contributed by atoms with E-state index in [4.69, 9.17) is 0 Å². The molecule has 0 N–H and O–H groups in total. The van der Waals surface area contributed by atoms with Gasteiger partial charge in [0, 0.05) is 18.8 Å². The lowest BCUT2D eigenvalue weighted by Gasteiger charge is -2.17. The summed E-state index contributed by atoms with van der Waals surface area (Å²) in [6, 6.07) is 8.57. The quantitative estimate of drug-likeness (QED) is 0.594. The number of rotatable bonds is 4. The number of nitrogens with zero attached hydrogens (tertiary/aromatic N) is 1. The molecule has 2 nitrogen and oxygen atoms in total. The molecule has 0 saturated carbocycles. The van der Waals surface area contributed by atoms with Gasteiger partial charge in [0.25, 0.3) is 0 Å². The van der Waals surface area contributed by atoms with Crippen molar-refractivity contribution in [1.29, 1.82) is 0 Å². The first kappa shape index (κ1) is 12.6. The third kappa shape index (κ3) is 3.59. The highest BCUT2D eigenvalue weighted by Gasteiger charge is 2.11. The molecular weight excluding hydrogens is 222 g/mol. The van der Waals surface area contributed by atoms with Gasteiger partial charge in [0.15, 0.2) is 5.78 Å². The zero-order valence-corrected chi connectivity index (χ0v) is 10.8. The first-order chi connectivity index (χ1) is 8.75. The summed E-state index contributed by atoms with van der Waals surface area (Å²) >= 11 is 0. The summed E-state index contributed by atoms with van der Waals surface area (Å²) in [5, 5.41) is 0. The standard InChI is InChI=1S/C16H19NO/c1-14(18)6-2-3-7-15-8-10-16(11-9-15)17-12-4-5-13-17/h2-3,6-11H,4-5,12-13H2,1H3. The van der Waals surface area contributed by atoms with E-state index in [1.165, 1.54) is 31.6 Å². The predicted molar refractivity (Wildman–Crippen MR) is 76.7 cm³/mol. The Labute approximate surface area is 109 Å². The van der Waals surface area contributed by atoms with Gasteiger partial charge in [0.1, 0.15) is 0 Å². The first-order valence-electron chi connectivity index (χ1n) is 6.46. The second kappa shape index (κ2) is 6.20. The molecule has 0 radical (unpaired) electrons. The molecule has 2 rings (SSSR count). The second-order valence-electron chi connectivity index (χ2n) is 4.61. The Hall–Kier alpha value is -1.83. The molecule has 1 aliphatic heterocycles. The van der Waals surface area contributed by atoms with Crippen LogP contribution in [0.1, 0.15) is 25.3 Å². The van der Waals surface area contributed by atoms with Gasteiger partial charge in [0.2, 0.25) is 0 Å². The minimum atomic E-state index is 0.0732. The average molecular weight is 241 g/mol. The second-order valence-corrected chi connectivity index (χ2v) is 4.61. The van der Waals surface area contributed by atoms with Crippen LogP contribution in [0.15, 0.2) is 42.5 Å². The minimum absolute atomic E-state index is 0.0732. The molecule has 1 saturated heterocycles. The molecular formula is C16H19NO. The van der Waals surface area contributed by atoms with E-state index < -0.39 is 0 Å². The molecule has 0 unspecified atom stereocenters. The summed E-state index contributed by atoms with van der Waals surface area (Å²) in [6.07, 6.45) is 9.85. The van der Waals surface area contributed by atoms with Gasteiger partial charge < -0.3 is 4.90 Å². The number of allylic oxidation sites excluding steroid dienone is 3. The topological polar surface area (TPSA) is 20.3 Å². The Balaban J connectivity index is 1.97. The van der Waals surface area contributed by atoms with Crippen LogP contribution in [0.2, 0.25) is 0 Å². The van der Waals surface area contributed by atoms with Crippen LogP contribution in [-0.2, 0) is 4.79 Å². The van der Waals surface area contributed by atoms with Crippen LogP contribution in [0.25, 0.3) is 6.08 Å². The number of hydrogen-bond donors (Lipinski definition) is 0. The van der Waals surface area contributed by atoms with Crippen molar-refractivity contribution in [3.05, 3.63) is 48.1 Å². The first-order valence-corrected chi connectivity index (χ1v) is 6.46. The summed E-state index contributed by atoms with van der Waals surface area (Å²) in [7, 11) is 0. The van der Waals surface area contributed by atoms with E-state index >= 15 is 0 Å². The Morgan fingerprint density at radius 3 is 2.39 bits per heavy atom. The normalized spacial score (nSPS) is 15.9. The van der Waals surface area contributed by atoms with Gasteiger partial charge in [-0.15, -0.1) is 0 Å². The van der Waals surface area contributed by atoms with Crippen LogP contribution in [0.5, 0.6) is 0 Å². The molecule has 1 fully saturated rings. The molecule has 0 atom stereocenters. The summed E-state index contributed by atoms with van der Waals surface area (Å²) in [6.45, 7) is 3.91. The molecule has 0 bridgehead atoms. The van der Waals surface area contributed by atoms with E-state index in [0.717, 1.165) is 5.56 Å². The highest BCUT2D eigenvalue weighted by molar-refractivity contribution is 5.87. The zero-order chi connectivity index (χ0) is 12.8. The van der Waals surface area contributed by atoms with Crippen molar-refractivity contribution >= 4 is 17.5 Å². The van der Waals surface area contributed by atoms with Crippen molar-refractivity contribution in [3.8, 4) is 0 Å². The van der Waals surface area contributed by atoms with Crippen molar-refractivity contribution in [2.75, 3.05) is 18.0 Å². The molecule has 0 aliphatic carbocycles. The summed E-state index contributed by atoms with van der Waals surface area (Å²) < 4.78 is 0. The third-order valence-electron chi connectivity index (χ3n) is 3.10. The van der Waals surface area contributed by atoms with Crippen LogP contribution in [-0.4, -0.2) is 18.9 Å². The lowest BCUT2D eigenvalue weighted by atomic mass is 10.2. The van der Waals surface area contributed by atoms with Crippen LogP contribution >= 0.6 is 0 Å². The van der Waals surface area contributed by atoms with E-state index in [0.29, 0.717) is 0 Å². The van der Waals surface area contributed by atoms with Gasteiger partial charge in [-0.1, -0.05) is 30.4 Å². The summed E-state index contributed by atoms with van der Waals surface area (Å²) in [5.74, 6) is 0.0732. The van der Waals surface area contributed by atoms with Gasteiger partial charge in [-0.3, -0.25) is 4.79 Å². The minimum Gasteiger partial charge on any atom is -0.372 e. The average Bonchev–Trinajstić information content (AvgIpc) is 2.89. The molecule has 0 amide bonds. The molecule has 94 valence electrons. The summed E-state index contributed by atoms with van der Waals surface area (Å²) in [4.78, 5) is 13.1. The zero-order valence-electron chi connectivity index (χ0n) is 10.8. The van der Waals surface area contributed by atoms with E-state index in [9.17, 15) is 4.79 Å². The van der Waals surface area contributed by atoms with Gasteiger partial charge in [0.05, 0.1) is 0 Å². The highest BCUT2D eigenvalue weighted by Crippen LogP contribution is 2.20. The maximum Gasteiger partial charge on any atom is 0.152 e. The van der Waals surface area contributed by atoms with Crippen molar-refractivity contribution in [2.24, 2.45) is 0 Å². The fourth-order valence-corrected chi connectivity index (χ4v) is 2.13. The van der Waals surface area contributed by atoms with Crippen LogP contribution in [0.3, 0.4) is 0 Å². The van der Waals surface area contributed by atoms with Crippen molar-refractivity contribution < 1.29 is 4.79 Å². The number of anilines is 1. The lowest BCUT2D eigenvalue weighted by Crippen LogP contribution is -2.17. The fourth-order valence-electron chi connectivity index (χ4n) is 2.13. The van der Waals surface area contributed by atoms with Crippen molar-refractivity contribution in [1.82, 2.24) is 0 Å². The largest absolute Gasteiger partial charge is 0.372 e. The third-order valence-corrected chi connectivity index (χ3v) is 3.10. The van der Waals surface area contributed by atoms with E-state index in [-0.39, 0.29) is 5.78 Å². The maximum absolute atomic E-state index is 10.7. The molecule has 1 aromatic rings. The smallest absolute Gasteiger partial charge is 0.152 e. The number of carbonyl (C=O) groups is 1. The fraction of sp³-hybridized carbons (Fsp3) is 0.312. The number of benzene rings is 1. The van der Waals surface area contributed by atoms with Gasteiger partial charge in [-0.25, -0.2) is 0 Å². The van der Waals surface area contributed by atoms with E-state index in [2.05, 4.69) is 29.2 Å². The van der Waals surface area contributed by atoms with Crippen LogP contribution < -0.4 is 4.90 Å². The van der Waals surface area contributed by atoms with Crippen molar-refractivity contribution in [3.63, 3.8) is 0 Å². The monoisotopic (exact) mass is 241 g/mol. The lowest BCUT2D eigenvalue weighted by molar-refractivity contribution is -0.112. The molecule has 1 heterocycles. The van der Waals surface area contributed by atoms with Gasteiger partial charge >= 0.3 is 0 Å². The highest BCUT2D eigenvalue weighted by atomic mass is 16.1. The summed E-state index contributed by atoms with van der Waals surface area (Å²) in [5.41, 5.74) is 2.47. The SMILES string of the molecule is CC(=O)C=CC=Cc1ccc(N2CCCC2)cc1. The van der Waals surface area contributed by atoms with Crippen molar-refractivity contribution in [2.45, 2.75) is 19.8 Å². The molecule has 1 aliphatic rings. The molecule has 1 aromatic carbocycles. The number of carbonyl (C=O) groups excluding carboxylic acids is 1. The van der Waals surface area contributed by atoms with Gasteiger partial charge in [-0.05, 0) is 43.5 Å². The molecule has 2 heteroatoms. The van der Waals surface area contributed by atoms with Gasteiger partial charge in [-0.2, -0.15) is 0 Å². The maximum atomic E-state index is 10.7. The number of ketones is 1. The van der Waals surface area contributed by atoms with Crippen LogP contribution in [0.4, 0.5) is 5.69 Å². The van der Waals surface area contributed by atoms with Crippen LogP contribution in [0, 0.1) is 0 Å². The Kier molecular flexibility index (Phi) is 4.35. The Bertz CT molecular complexity index is 450.